The van der Waals surface area contributed by atoms with Crippen molar-refractivity contribution in [3.05, 3.63) is 0 Å². The molecular weight excluding hydrogens is 154 g/mol. The highest BCUT2D eigenvalue weighted by Crippen LogP contribution is 2.15. The second-order valence-corrected chi connectivity index (χ2v) is 3.00. The Kier molecular flexibility index (Phi) is 2.53. The molecule has 0 bridgehead atoms. The molecule has 1 heterocycles. The van der Waals surface area contributed by atoms with Crippen molar-refractivity contribution >= 4 is 17.7 Å². The van der Waals surface area contributed by atoms with Crippen LogP contribution in [0.4, 0.5) is 0 Å². The Labute approximate surface area is 63.1 Å². The number of hydrogen-bond donors (Lipinski definition) is 1. The van der Waals surface area contributed by atoms with Crippen molar-refractivity contribution in [3.8, 4) is 0 Å². The number of carbonyl (C=O) groups is 1. The Morgan fingerprint density at radius 3 is 3.00 bits per heavy atom. The normalized spacial score (nSPS) is 28.3. The Bertz CT molecular complexity index is 141. The van der Waals surface area contributed by atoms with Gasteiger partial charge in [-0.1, -0.05) is 0 Å². The molecule has 0 aliphatic carbocycles. The minimum absolute atomic E-state index is 0.487. The fourth-order valence-corrected chi connectivity index (χ4v) is 1.61. The molecule has 0 aromatic rings. The first-order valence-electron chi connectivity index (χ1n) is 2.88. The van der Waals surface area contributed by atoms with Crippen LogP contribution < -0.4 is 0 Å². The number of hydroxylamine groups is 2. The van der Waals surface area contributed by atoms with Crippen molar-refractivity contribution in [3.63, 3.8) is 0 Å². The van der Waals surface area contributed by atoms with Gasteiger partial charge < -0.3 is 5.11 Å². The molecule has 1 saturated heterocycles. The maximum absolute atomic E-state index is 10.4. The van der Waals surface area contributed by atoms with Crippen molar-refractivity contribution < 1.29 is 14.7 Å². The molecule has 1 N–H and O–H groups in total. The number of carboxylic acid groups (broad SMARTS) is 1. The van der Waals surface area contributed by atoms with Crippen LogP contribution in [-0.2, 0) is 9.63 Å². The Morgan fingerprint density at radius 2 is 2.60 bits per heavy atom. The number of rotatable bonds is 1. The summed E-state index contributed by atoms with van der Waals surface area (Å²) in [6.07, 6.45) is 0. The predicted octanol–water partition coefficient (Wildman–Crippen LogP) is 0.00730. The van der Waals surface area contributed by atoms with Crippen LogP contribution in [0.15, 0.2) is 0 Å². The molecule has 1 fully saturated rings. The number of likely N-dealkylation sites (N-methyl/N-ethyl adjacent to an activating group) is 1. The molecule has 0 aromatic heterocycles. The van der Waals surface area contributed by atoms with E-state index < -0.39 is 12.0 Å². The van der Waals surface area contributed by atoms with Gasteiger partial charge in [-0.15, -0.1) is 11.8 Å². The van der Waals surface area contributed by atoms with Gasteiger partial charge in [-0.3, -0.25) is 9.63 Å². The monoisotopic (exact) mass is 163 g/mol. The molecule has 4 nitrogen and oxygen atoms in total. The summed E-state index contributed by atoms with van der Waals surface area (Å²) >= 11 is 1.49. The molecule has 0 amide bonds. The maximum Gasteiger partial charge on any atom is 0.324 e. The molecule has 0 aromatic carbocycles. The average molecular weight is 163 g/mol. The fourth-order valence-electron chi connectivity index (χ4n) is 0.702. The molecule has 58 valence electrons. The fraction of sp³-hybridized carbons (Fsp3) is 0.800. The van der Waals surface area contributed by atoms with E-state index in [2.05, 4.69) is 0 Å². The third kappa shape index (κ3) is 1.62. The Morgan fingerprint density at radius 1 is 1.90 bits per heavy atom. The first-order chi connectivity index (χ1) is 4.72. The average Bonchev–Trinajstić information content (AvgIpc) is 1.88. The summed E-state index contributed by atoms with van der Waals surface area (Å²) in [6, 6.07) is -0.487. The van der Waals surface area contributed by atoms with Crippen LogP contribution in [-0.4, -0.2) is 40.9 Å². The number of hydrogen-bond acceptors (Lipinski definition) is 4. The summed E-state index contributed by atoms with van der Waals surface area (Å²) in [4.78, 5) is 15.4. The summed E-state index contributed by atoms with van der Waals surface area (Å²) in [7, 11) is 1.64. The van der Waals surface area contributed by atoms with Gasteiger partial charge in [-0.25, -0.2) is 0 Å². The van der Waals surface area contributed by atoms with E-state index in [0.29, 0.717) is 11.7 Å². The molecule has 10 heavy (non-hydrogen) atoms. The molecule has 1 aliphatic heterocycles. The van der Waals surface area contributed by atoms with Gasteiger partial charge in [0.1, 0.15) is 12.0 Å². The van der Waals surface area contributed by atoms with E-state index in [0.717, 1.165) is 0 Å². The highest BCUT2D eigenvalue weighted by molar-refractivity contribution is 7.99. The highest BCUT2D eigenvalue weighted by Gasteiger charge is 2.26. The second-order valence-electron chi connectivity index (χ2n) is 2.02. The van der Waals surface area contributed by atoms with Gasteiger partial charge in [0.25, 0.3) is 0 Å². The number of nitrogens with zero attached hydrogens (tertiary/aromatic N) is 1. The number of thioether (sulfide) groups is 1. The van der Waals surface area contributed by atoms with Crippen molar-refractivity contribution in [2.24, 2.45) is 0 Å². The van der Waals surface area contributed by atoms with Crippen LogP contribution in [0.1, 0.15) is 0 Å². The topological polar surface area (TPSA) is 49.8 Å². The molecule has 0 radical (unpaired) electrons. The zero-order chi connectivity index (χ0) is 7.56. The molecule has 1 aliphatic rings. The smallest absolute Gasteiger partial charge is 0.324 e. The first kappa shape index (κ1) is 7.84. The van der Waals surface area contributed by atoms with E-state index >= 15 is 0 Å². The Hall–Kier alpha value is -0.260. The molecule has 1 unspecified atom stereocenters. The summed E-state index contributed by atoms with van der Waals surface area (Å²) in [5.74, 6) is 0.334. The Balaban J connectivity index is 2.47. The molecule has 0 saturated carbocycles. The molecule has 1 atom stereocenters. The van der Waals surface area contributed by atoms with Crippen molar-refractivity contribution in [1.82, 2.24) is 5.06 Å². The lowest BCUT2D eigenvalue weighted by Crippen LogP contribution is -2.43. The third-order valence-electron chi connectivity index (χ3n) is 1.34. The van der Waals surface area contributed by atoms with Gasteiger partial charge in [0.2, 0.25) is 0 Å². The van der Waals surface area contributed by atoms with E-state index in [9.17, 15) is 4.79 Å². The van der Waals surface area contributed by atoms with Crippen LogP contribution in [0.5, 0.6) is 0 Å². The van der Waals surface area contributed by atoms with E-state index in [4.69, 9.17) is 9.94 Å². The maximum atomic E-state index is 10.4. The second kappa shape index (κ2) is 3.23. The van der Waals surface area contributed by atoms with Crippen LogP contribution >= 0.6 is 11.8 Å². The molecule has 1 rings (SSSR count). The lowest BCUT2D eigenvalue weighted by molar-refractivity contribution is -0.176. The van der Waals surface area contributed by atoms with Crippen molar-refractivity contribution in [2.45, 2.75) is 6.04 Å². The minimum Gasteiger partial charge on any atom is -0.480 e. The quantitative estimate of drug-likeness (QED) is 0.590. The van der Waals surface area contributed by atoms with E-state index in [-0.39, 0.29) is 0 Å². The summed E-state index contributed by atoms with van der Waals surface area (Å²) in [5, 5.41) is 9.96. The predicted molar refractivity (Wildman–Crippen MR) is 37.6 cm³/mol. The molecule has 5 heteroatoms. The summed E-state index contributed by atoms with van der Waals surface area (Å²) in [5.41, 5.74) is 0. The molecular formula is C5H9NO3S. The summed E-state index contributed by atoms with van der Waals surface area (Å²) in [6.45, 7) is 0. The molecule has 0 spiro atoms. The van der Waals surface area contributed by atoms with Crippen LogP contribution in [0, 0.1) is 0 Å². The minimum atomic E-state index is -0.824. The van der Waals surface area contributed by atoms with Gasteiger partial charge in [-0.05, 0) is 0 Å². The standard InChI is InChI=1S/C5H9NO3S/c1-6-4(5(7)8)2-10-3-9-6/h4H,2-3H2,1H3,(H,7,8). The third-order valence-corrected chi connectivity index (χ3v) is 2.16. The highest BCUT2D eigenvalue weighted by atomic mass is 32.2. The van der Waals surface area contributed by atoms with E-state index in [1.165, 1.54) is 16.8 Å². The van der Waals surface area contributed by atoms with Gasteiger partial charge in [0.15, 0.2) is 0 Å². The van der Waals surface area contributed by atoms with E-state index in [1.807, 2.05) is 0 Å². The zero-order valence-electron chi connectivity index (χ0n) is 5.61. The van der Waals surface area contributed by atoms with Crippen LogP contribution in [0.25, 0.3) is 0 Å². The lowest BCUT2D eigenvalue weighted by atomic mass is 10.3. The van der Waals surface area contributed by atoms with Gasteiger partial charge >= 0.3 is 5.97 Å². The van der Waals surface area contributed by atoms with Crippen LogP contribution in [0.2, 0.25) is 0 Å². The largest absolute Gasteiger partial charge is 0.480 e. The first-order valence-corrected chi connectivity index (χ1v) is 4.03. The van der Waals surface area contributed by atoms with Crippen molar-refractivity contribution in [2.75, 3.05) is 18.7 Å². The SMILES string of the molecule is CN1OCSCC1C(=O)O. The zero-order valence-corrected chi connectivity index (χ0v) is 6.43. The number of aliphatic carboxylic acids is 1. The van der Waals surface area contributed by atoms with Crippen LogP contribution in [0.3, 0.4) is 0 Å². The van der Waals surface area contributed by atoms with E-state index in [1.54, 1.807) is 7.05 Å². The van der Waals surface area contributed by atoms with Gasteiger partial charge in [0, 0.05) is 12.8 Å². The van der Waals surface area contributed by atoms with Gasteiger partial charge in [-0.2, -0.15) is 5.06 Å². The van der Waals surface area contributed by atoms with Gasteiger partial charge in [0.05, 0.1) is 0 Å². The summed E-state index contributed by atoms with van der Waals surface area (Å²) < 4.78 is 0. The number of carboxylic acids is 1. The lowest BCUT2D eigenvalue weighted by Gasteiger charge is -2.27. The van der Waals surface area contributed by atoms with Crippen molar-refractivity contribution in [1.29, 1.82) is 0 Å².